The van der Waals surface area contributed by atoms with Crippen molar-refractivity contribution in [3.05, 3.63) is 24.3 Å². The molecule has 1 N–H and O–H groups in total. The molecule has 0 radical (unpaired) electrons. The van der Waals surface area contributed by atoms with Gasteiger partial charge in [-0.05, 0) is 37.8 Å². The van der Waals surface area contributed by atoms with Crippen LogP contribution in [0.15, 0.2) is 28.7 Å². The van der Waals surface area contributed by atoms with Gasteiger partial charge in [0.2, 0.25) is 11.8 Å². The lowest BCUT2D eigenvalue weighted by Gasteiger charge is -2.34. The molecule has 138 valence electrons. The molecule has 26 heavy (non-hydrogen) atoms. The van der Waals surface area contributed by atoms with Gasteiger partial charge in [0, 0.05) is 32.6 Å². The largest absolute Gasteiger partial charge is 0.423 e. The topological polar surface area (TPSA) is 78.7 Å². The van der Waals surface area contributed by atoms with Gasteiger partial charge in [0.15, 0.2) is 5.58 Å². The van der Waals surface area contributed by atoms with Crippen molar-refractivity contribution >= 4 is 28.9 Å². The highest BCUT2D eigenvalue weighted by Gasteiger charge is 2.34. The second-order valence-corrected chi connectivity index (χ2v) is 7.13. The summed E-state index contributed by atoms with van der Waals surface area (Å²) in [5, 5.41) is 3.12. The number of hydrogen-bond donors (Lipinski definition) is 1. The lowest BCUT2D eigenvalue weighted by molar-refractivity contribution is -0.128. The van der Waals surface area contributed by atoms with Gasteiger partial charge in [-0.1, -0.05) is 12.1 Å². The number of oxazole rings is 1. The number of fused-ring (bicyclic) bond motifs is 1. The number of nitrogens with zero attached hydrogens (tertiary/aromatic N) is 3. The third-order valence-corrected chi connectivity index (χ3v) is 5.31. The molecule has 2 atom stereocenters. The van der Waals surface area contributed by atoms with E-state index >= 15 is 0 Å². The van der Waals surface area contributed by atoms with E-state index in [0.717, 1.165) is 43.3 Å². The molecule has 0 unspecified atom stereocenters. The van der Waals surface area contributed by atoms with Gasteiger partial charge in [0.1, 0.15) is 11.6 Å². The average molecular weight is 356 g/mol. The number of carbonyl (C=O) groups is 2. The van der Waals surface area contributed by atoms with Crippen LogP contribution in [0.2, 0.25) is 0 Å². The van der Waals surface area contributed by atoms with Crippen LogP contribution in [0.3, 0.4) is 0 Å². The lowest BCUT2D eigenvalue weighted by atomic mass is 10.0. The van der Waals surface area contributed by atoms with E-state index in [9.17, 15) is 9.59 Å². The monoisotopic (exact) mass is 356 g/mol. The van der Waals surface area contributed by atoms with Crippen LogP contribution in [0, 0.1) is 0 Å². The van der Waals surface area contributed by atoms with Gasteiger partial charge in [-0.25, -0.2) is 0 Å². The molecule has 0 aliphatic carbocycles. The van der Waals surface area contributed by atoms with Crippen molar-refractivity contribution in [2.24, 2.45) is 0 Å². The molecule has 2 aliphatic heterocycles. The van der Waals surface area contributed by atoms with Crippen molar-refractivity contribution in [3.63, 3.8) is 0 Å². The Bertz CT molecular complexity index is 785. The first-order chi connectivity index (χ1) is 12.6. The molecular formula is C19H24N4O3. The molecule has 0 spiro atoms. The fourth-order valence-corrected chi connectivity index (χ4v) is 3.88. The minimum atomic E-state index is -0.275. The Morgan fingerprint density at radius 1 is 1.19 bits per heavy atom. The summed E-state index contributed by atoms with van der Waals surface area (Å²) >= 11 is 0. The molecule has 1 aromatic carbocycles. The van der Waals surface area contributed by atoms with Gasteiger partial charge in [-0.15, -0.1) is 0 Å². The fourth-order valence-electron chi connectivity index (χ4n) is 3.88. The Morgan fingerprint density at radius 2 is 2.04 bits per heavy atom. The third kappa shape index (κ3) is 3.25. The number of piperidine rings is 1. The summed E-state index contributed by atoms with van der Waals surface area (Å²) in [4.78, 5) is 32.7. The quantitative estimate of drug-likeness (QED) is 0.909. The van der Waals surface area contributed by atoms with Crippen LogP contribution >= 0.6 is 0 Å². The van der Waals surface area contributed by atoms with Crippen molar-refractivity contribution in [1.29, 1.82) is 0 Å². The first-order valence-electron chi connectivity index (χ1n) is 9.30. The van der Waals surface area contributed by atoms with Crippen molar-refractivity contribution < 1.29 is 14.0 Å². The molecule has 2 fully saturated rings. The van der Waals surface area contributed by atoms with Gasteiger partial charge < -0.3 is 19.5 Å². The molecule has 2 amide bonds. The van der Waals surface area contributed by atoms with E-state index in [1.807, 2.05) is 29.2 Å². The van der Waals surface area contributed by atoms with Crippen molar-refractivity contribution in [2.45, 2.75) is 44.7 Å². The van der Waals surface area contributed by atoms with E-state index < -0.39 is 0 Å². The first-order valence-corrected chi connectivity index (χ1v) is 9.30. The predicted molar refractivity (Wildman–Crippen MR) is 97.8 cm³/mol. The zero-order valence-electron chi connectivity index (χ0n) is 15.0. The summed E-state index contributed by atoms with van der Waals surface area (Å²) in [6.07, 6.45) is 3.62. The van der Waals surface area contributed by atoms with E-state index in [-0.39, 0.29) is 23.9 Å². The Balaban J connectivity index is 1.48. The maximum atomic E-state index is 12.9. The number of nitrogens with one attached hydrogen (secondary N) is 1. The number of hydrogen-bond acceptors (Lipinski definition) is 5. The second-order valence-electron chi connectivity index (χ2n) is 7.13. The number of rotatable bonds is 3. The number of aromatic nitrogens is 1. The molecule has 3 heterocycles. The van der Waals surface area contributed by atoms with Gasteiger partial charge >= 0.3 is 0 Å². The molecule has 2 aromatic rings. The second kappa shape index (κ2) is 6.97. The average Bonchev–Trinajstić information content (AvgIpc) is 3.28. The molecular weight excluding hydrogens is 332 g/mol. The highest BCUT2D eigenvalue weighted by atomic mass is 16.4. The lowest BCUT2D eigenvalue weighted by Crippen LogP contribution is -2.52. The molecule has 0 saturated carbocycles. The van der Waals surface area contributed by atoms with Gasteiger partial charge in [0.05, 0.1) is 0 Å². The van der Waals surface area contributed by atoms with Gasteiger partial charge in [-0.3, -0.25) is 9.59 Å². The molecule has 0 bridgehead atoms. The number of anilines is 1. The van der Waals surface area contributed by atoms with Crippen LogP contribution in [-0.2, 0) is 9.59 Å². The van der Waals surface area contributed by atoms with E-state index in [0.29, 0.717) is 19.1 Å². The molecule has 7 nitrogen and oxygen atoms in total. The Labute approximate surface area is 152 Å². The van der Waals surface area contributed by atoms with Crippen LogP contribution in [0.4, 0.5) is 6.01 Å². The maximum absolute atomic E-state index is 12.9. The SMILES string of the molecule is CC(=O)N1CC[C@H](NC(=O)[C@@H]2CCCCN2c2nc3ccccc3o2)C1. The summed E-state index contributed by atoms with van der Waals surface area (Å²) in [7, 11) is 0. The summed E-state index contributed by atoms with van der Waals surface area (Å²) < 4.78 is 5.89. The Morgan fingerprint density at radius 3 is 2.81 bits per heavy atom. The summed E-state index contributed by atoms with van der Waals surface area (Å²) in [5.74, 6) is 0.0647. The zero-order chi connectivity index (χ0) is 18.1. The van der Waals surface area contributed by atoms with Gasteiger partial charge in [-0.2, -0.15) is 4.98 Å². The van der Waals surface area contributed by atoms with Gasteiger partial charge in [0.25, 0.3) is 6.01 Å². The fraction of sp³-hybridized carbons (Fsp3) is 0.526. The first kappa shape index (κ1) is 16.9. The summed E-state index contributed by atoms with van der Waals surface area (Å²) in [6, 6.07) is 7.91. The number of para-hydroxylation sites is 2. The Kier molecular flexibility index (Phi) is 4.53. The maximum Gasteiger partial charge on any atom is 0.299 e. The normalized spacial score (nSPS) is 23.4. The summed E-state index contributed by atoms with van der Waals surface area (Å²) in [6.45, 7) is 3.63. The Hall–Kier alpha value is -2.57. The molecule has 1 aromatic heterocycles. The van der Waals surface area contributed by atoms with E-state index in [1.165, 1.54) is 0 Å². The zero-order valence-corrected chi connectivity index (χ0v) is 15.0. The number of benzene rings is 1. The minimum Gasteiger partial charge on any atom is -0.423 e. The smallest absolute Gasteiger partial charge is 0.299 e. The highest BCUT2D eigenvalue weighted by Crippen LogP contribution is 2.28. The third-order valence-electron chi connectivity index (χ3n) is 5.31. The molecule has 4 rings (SSSR count). The highest BCUT2D eigenvalue weighted by molar-refractivity contribution is 5.86. The van der Waals surface area contributed by atoms with Crippen molar-refractivity contribution in [1.82, 2.24) is 15.2 Å². The molecule has 2 aliphatic rings. The minimum absolute atomic E-state index is 0.00218. The predicted octanol–water partition coefficient (Wildman–Crippen LogP) is 1.92. The van der Waals surface area contributed by atoms with Crippen LogP contribution < -0.4 is 10.2 Å². The molecule has 2 saturated heterocycles. The van der Waals surface area contributed by atoms with Crippen LogP contribution in [-0.4, -0.2) is 53.4 Å². The van der Waals surface area contributed by atoms with Crippen LogP contribution in [0.5, 0.6) is 0 Å². The van der Waals surface area contributed by atoms with Crippen molar-refractivity contribution in [3.8, 4) is 0 Å². The summed E-state index contributed by atoms with van der Waals surface area (Å²) in [5.41, 5.74) is 1.54. The number of carbonyl (C=O) groups excluding carboxylic acids is 2. The van der Waals surface area contributed by atoms with E-state index in [2.05, 4.69) is 10.3 Å². The molecule has 7 heteroatoms. The van der Waals surface area contributed by atoms with Crippen molar-refractivity contribution in [2.75, 3.05) is 24.5 Å². The number of amides is 2. The van der Waals surface area contributed by atoms with Crippen LogP contribution in [0.25, 0.3) is 11.1 Å². The van der Waals surface area contributed by atoms with E-state index in [1.54, 1.807) is 11.8 Å². The standard InChI is InChI=1S/C19H24N4O3/c1-13(24)22-11-9-14(12-22)20-18(25)16-7-4-5-10-23(16)19-21-15-6-2-3-8-17(15)26-19/h2-3,6,8,14,16H,4-5,7,9-12H2,1H3,(H,20,25)/t14-,16-/m0/s1. The number of likely N-dealkylation sites (tertiary alicyclic amines) is 1. The van der Waals surface area contributed by atoms with Crippen LogP contribution in [0.1, 0.15) is 32.6 Å². The van der Waals surface area contributed by atoms with E-state index in [4.69, 9.17) is 4.42 Å².